The van der Waals surface area contributed by atoms with Gasteiger partial charge in [0, 0.05) is 44.5 Å². The highest BCUT2D eigenvalue weighted by molar-refractivity contribution is 5.31. The van der Waals surface area contributed by atoms with E-state index in [0.29, 0.717) is 5.70 Å². The first-order chi connectivity index (χ1) is 8.49. The number of nitrogens with zero attached hydrogens (tertiary/aromatic N) is 2. The van der Waals surface area contributed by atoms with E-state index in [0.717, 1.165) is 39.1 Å². The van der Waals surface area contributed by atoms with Crippen molar-refractivity contribution < 1.29 is 0 Å². The normalized spacial score (nSPS) is 34.6. The fourth-order valence-corrected chi connectivity index (χ4v) is 2.45. The molecule has 2 unspecified atom stereocenters. The van der Waals surface area contributed by atoms with Crippen LogP contribution in [0.3, 0.4) is 0 Å². The highest BCUT2D eigenvalue weighted by Crippen LogP contribution is 2.20. The number of rotatable bonds is 3. The molecule has 2 rings (SSSR count). The van der Waals surface area contributed by atoms with Gasteiger partial charge in [-0.05, 0) is 25.6 Å². The summed E-state index contributed by atoms with van der Waals surface area (Å²) in [5, 5.41) is 0. The maximum Gasteiger partial charge on any atom is 0.0546 e. The number of piperazine rings is 1. The molecule has 0 aromatic rings. The first-order valence-corrected chi connectivity index (χ1v) is 6.61. The third-order valence-corrected chi connectivity index (χ3v) is 4.04. The molecule has 0 bridgehead atoms. The summed E-state index contributed by atoms with van der Waals surface area (Å²) in [5.74, 6) is 0. The average Bonchev–Trinajstić information content (AvgIpc) is 2.34. The van der Waals surface area contributed by atoms with Crippen LogP contribution in [0.15, 0.2) is 23.9 Å². The molecule has 0 amide bonds. The van der Waals surface area contributed by atoms with Gasteiger partial charge in [-0.15, -0.1) is 0 Å². The fraction of sp³-hybridized carbons (Fsp3) is 0.692. The molecule has 0 aromatic carbocycles. The molecule has 1 aliphatic carbocycles. The Hall–Kier alpha value is -0.880. The second-order valence-corrected chi connectivity index (χ2v) is 5.53. The standard InChI is InChI=1S/C13H25N5/c1-17-6-8-18(9-7-17)5-4-13(16)3-2-11(14)10-12(13)15/h2-3,10,12H,4-9,14-16H2,1H3. The van der Waals surface area contributed by atoms with Gasteiger partial charge >= 0.3 is 0 Å². The molecule has 5 nitrogen and oxygen atoms in total. The van der Waals surface area contributed by atoms with Crippen LogP contribution in [0.2, 0.25) is 0 Å². The summed E-state index contributed by atoms with van der Waals surface area (Å²) in [6.07, 6.45) is 6.55. The lowest BCUT2D eigenvalue weighted by Crippen LogP contribution is -2.56. The predicted molar refractivity (Wildman–Crippen MR) is 74.9 cm³/mol. The summed E-state index contributed by atoms with van der Waals surface area (Å²) in [6.45, 7) is 5.49. The van der Waals surface area contributed by atoms with Crippen molar-refractivity contribution in [1.82, 2.24) is 9.80 Å². The van der Waals surface area contributed by atoms with Crippen molar-refractivity contribution in [2.75, 3.05) is 39.8 Å². The van der Waals surface area contributed by atoms with E-state index in [9.17, 15) is 0 Å². The highest BCUT2D eigenvalue weighted by Gasteiger charge is 2.31. The maximum atomic E-state index is 6.36. The van der Waals surface area contributed by atoms with Crippen LogP contribution in [0.5, 0.6) is 0 Å². The van der Waals surface area contributed by atoms with Gasteiger partial charge in [0.1, 0.15) is 0 Å². The van der Waals surface area contributed by atoms with Gasteiger partial charge in [0.15, 0.2) is 0 Å². The summed E-state index contributed by atoms with van der Waals surface area (Å²) in [4.78, 5) is 4.81. The minimum absolute atomic E-state index is 0.185. The molecule has 18 heavy (non-hydrogen) atoms. The molecule has 0 spiro atoms. The molecule has 6 N–H and O–H groups in total. The van der Waals surface area contributed by atoms with E-state index < -0.39 is 5.54 Å². The first-order valence-electron chi connectivity index (χ1n) is 6.61. The number of allylic oxidation sites excluding steroid dienone is 1. The zero-order valence-corrected chi connectivity index (χ0v) is 11.2. The van der Waals surface area contributed by atoms with Crippen molar-refractivity contribution in [3.63, 3.8) is 0 Å². The zero-order valence-electron chi connectivity index (χ0n) is 11.2. The van der Waals surface area contributed by atoms with Crippen molar-refractivity contribution in [1.29, 1.82) is 0 Å². The van der Waals surface area contributed by atoms with Crippen LogP contribution in [0.1, 0.15) is 6.42 Å². The summed E-state index contributed by atoms with van der Waals surface area (Å²) >= 11 is 0. The van der Waals surface area contributed by atoms with E-state index in [1.807, 2.05) is 18.2 Å². The van der Waals surface area contributed by atoms with Crippen molar-refractivity contribution in [2.24, 2.45) is 17.2 Å². The van der Waals surface area contributed by atoms with Crippen LogP contribution in [0.4, 0.5) is 0 Å². The molecule has 2 aliphatic rings. The Labute approximate surface area is 109 Å². The first kappa shape index (κ1) is 13.5. The Morgan fingerprint density at radius 2 is 2.00 bits per heavy atom. The highest BCUT2D eigenvalue weighted by atomic mass is 15.2. The molecule has 0 saturated carbocycles. The van der Waals surface area contributed by atoms with E-state index in [1.54, 1.807) is 0 Å². The van der Waals surface area contributed by atoms with E-state index in [2.05, 4.69) is 16.8 Å². The van der Waals surface area contributed by atoms with Gasteiger partial charge in [0.2, 0.25) is 0 Å². The van der Waals surface area contributed by atoms with Gasteiger partial charge < -0.3 is 27.0 Å². The molecule has 2 atom stereocenters. The van der Waals surface area contributed by atoms with Crippen LogP contribution in [0.25, 0.3) is 0 Å². The van der Waals surface area contributed by atoms with Crippen molar-refractivity contribution in [2.45, 2.75) is 18.0 Å². The van der Waals surface area contributed by atoms with Gasteiger partial charge in [-0.3, -0.25) is 0 Å². The molecule has 5 heteroatoms. The Bertz CT molecular complexity index is 343. The molecule has 1 fully saturated rings. The monoisotopic (exact) mass is 251 g/mol. The number of likely N-dealkylation sites (N-methyl/N-ethyl adjacent to an activating group) is 1. The predicted octanol–water partition coefficient (Wildman–Crippen LogP) is -0.939. The van der Waals surface area contributed by atoms with Crippen LogP contribution in [0, 0.1) is 0 Å². The number of hydrogen-bond donors (Lipinski definition) is 3. The summed E-state index contributed by atoms with van der Waals surface area (Å²) < 4.78 is 0. The average molecular weight is 251 g/mol. The van der Waals surface area contributed by atoms with Gasteiger partial charge in [-0.25, -0.2) is 0 Å². The number of nitrogens with two attached hydrogens (primary N) is 3. The lowest BCUT2D eigenvalue weighted by molar-refractivity contribution is 0.145. The lowest BCUT2D eigenvalue weighted by atomic mass is 9.84. The van der Waals surface area contributed by atoms with E-state index in [1.165, 1.54) is 0 Å². The molecular formula is C13H25N5. The lowest BCUT2D eigenvalue weighted by Gasteiger charge is -2.37. The Balaban J connectivity index is 1.84. The quantitative estimate of drug-likeness (QED) is 0.603. The molecule has 102 valence electrons. The van der Waals surface area contributed by atoms with Gasteiger partial charge in [-0.2, -0.15) is 0 Å². The van der Waals surface area contributed by atoms with E-state index in [-0.39, 0.29) is 6.04 Å². The minimum atomic E-state index is -0.452. The van der Waals surface area contributed by atoms with Crippen LogP contribution in [-0.2, 0) is 0 Å². The molecule has 1 saturated heterocycles. The van der Waals surface area contributed by atoms with Crippen molar-refractivity contribution in [3.8, 4) is 0 Å². The van der Waals surface area contributed by atoms with Crippen molar-refractivity contribution >= 4 is 0 Å². The number of hydrogen-bond acceptors (Lipinski definition) is 5. The van der Waals surface area contributed by atoms with E-state index >= 15 is 0 Å². The van der Waals surface area contributed by atoms with Crippen molar-refractivity contribution in [3.05, 3.63) is 23.9 Å². The van der Waals surface area contributed by atoms with E-state index in [4.69, 9.17) is 17.2 Å². The third-order valence-electron chi connectivity index (χ3n) is 4.04. The second kappa shape index (κ2) is 5.40. The second-order valence-electron chi connectivity index (χ2n) is 5.53. The fourth-order valence-electron chi connectivity index (χ4n) is 2.45. The van der Waals surface area contributed by atoms with Crippen LogP contribution in [-0.4, -0.2) is 61.2 Å². The summed E-state index contributed by atoms with van der Waals surface area (Å²) in [7, 11) is 2.16. The Morgan fingerprint density at radius 3 is 2.61 bits per heavy atom. The molecule has 0 aromatic heterocycles. The third kappa shape index (κ3) is 3.11. The Morgan fingerprint density at radius 1 is 1.33 bits per heavy atom. The largest absolute Gasteiger partial charge is 0.399 e. The SMILES string of the molecule is CN1CCN(CCC2(N)C=CC(N)=CC2N)CC1. The maximum absolute atomic E-state index is 6.36. The summed E-state index contributed by atoms with van der Waals surface area (Å²) in [5.41, 5.74) is 18.4. The molecule has 0 radical (unpaired) electrons. The Kier molecular flexibility index (Phi) is 4.07. The van der Waals surface area contributed by atoms with Crippen LogP contribution >= 0.6 is 0 Å². The van der Waals surface area contributed by atoms with Gasteiger partial charge in [-0.1, -0.05) is 6.08 Å². The van der Waals surface area contributed by atoms with Gasteiger partial charge in [0.05, 0.1) is 5.54 Å². The zero-order chi connectivity index (χ0) is 13.2. The smallest absolute Gasteiger partial charge is 0.0546 e. The summed E-state index contributed by atoms with van der Waals surface area (Å²) in [6, 6.07) is -0.185. The molecule has 1 heterocycles. The van der Waals surface area contributed by atoms with Gasteiger partial charge in [0.25, 0.3) is 0 Å². The van der Waals surface area contributed by atoms with Crippen LogP contribution < -0.4 is 17.2 Å². The minimum Gasteiger partial charge on any atom is -0.399 e. The molecular weight excluding hydrogens is 226 g/mol. The topological polar surface area (TPSA) is 84.5 Å². The molecule has 1 aliphatic heterocycles.